The maximum atomic E-state index is 12.2. The largest absolute Gasteiger partial charge is 0.351 e. The van der Waals surface area contributed by atoms with Gasteiger partial charge in [-0.15, -0.1) is 0 Å². The highest BCUT2D eigenvalue weighted by molar-refractivity contribution is 5.95. The number of hydrogen-bond donors (Lipinski definition) is 1. The van der Waals surface area contributed by atoms with Crippen LogP contribution in [0, 0.1) is 0 Å². The fraction of sp³-hybridized carbons (Fsp3) is 0.278. The number of benzene rings is 2. The second-order valence-corrected chi connectivity index (χ2v) is 5.52. The summed E-state index contributed by atoms with van der Waals surface area (Å²) in [5.41, 5.74) is 3.20. The second-order valence-electron chi connectivity index (χ2n) is 5.52. The second kappa shape index (κ2) is 6.10. The molecule has 1 amide bonds. The maximum absolute atomic E-state index is 12.2. The van der Waals surface area contributed by atoms with Crippen LogP contribution in [-0.2, 0) is 6.42 Å². The number of likely N-dealkylation sites (N-methyl/N-ethyl adjacent to an activating group) is 1. The maximum Gasteiger partial charge on any atom is 0.251 e. The van der Waals surface area contributed by atoms with Gasteiger partial charge in [-0.1, -0.05) is 48.5 Å². The van der Waals surface area contributed by atoms with Crippen LogP contribution in [0.2, 0.25) is 0 Å². The molecular formula is C18H20N2O. The molecule has 0 saturated carbocycles. The molecule has 1 N–H and O–H groups in total. The van der Waals surface area contributed by atoms with Gasteiger partial charge in [0.2, 0.25) is 0 Å². The number of carbonyl (C=O) groups is 1. The van der Waals surface area contributed by atoms with E-state index in [2.05, 4.69) is 47.6 Å². The van der Waals surface area contributed by atoms with Crippen molar-refractivity contribution < 1.29 is 4.79 Å². The van der Waals surface area contributed by atoms with E-state index >= 15 is 0 Å². The molecule has 1 atom stereocenters. The van der Waals surface area contributed by atoms with E-state index in [0.717, 1.165) is 24.1 Å². The van der Waals surface area contributed by atoms with Gasteiger partial charge in [0.15, 0.2) is 0 Å². The van der Waals surface area contributed by atoms with Crippen LogP contribution in [-0.4, -0.2) is 30.9 Å². The van der Waals surface area contributed by atoms with Crippen LogP contribution in [0.25, 0.3) is 0 Å². The fourth-order valence-electron chi connectivity index (χ4n) is 2.93. The Kier molecular flexibility index (Phi) is 4.02. The Bertz CT molecular complexity index is 624. The molecule has 3 rings (SSSR count). The highest BCUT2D eigenvalue weighted by Crippen LogP contribution is 2.26. The van der Waals surface area contributed by atoms with Gasteiger partial charge >= 0.3 is 0 Å². The Balaban J connectivity index is 2.01. The summed E-state index contributed by atoms with van der Waals surface area (Å²) in [6, 6.07) is 18.7. The standard InChI is InChI=1S/C18H20N2O/c1-20-12-11-19-18(21)16-10-6-5-9-15(16)13-17(20)14-7-3-2-4-8-14/h2-10,17H,11-13H2,1H3,(H,19,21). The average molecular weight is 280 g/mol. The van der Waals surface area contributed by atoms with Gasteiger partial charge in [-0.3, -0.25) is 9.69 Å². The zero-order valence-electron chi connectivity index (χ0n) is 12.3. The van der Waals surface area contributed by atoms with Gasteiger partial charge in [-0.25, -0.2) is 0 Å². The molecule has 1 unspecified atom stereocenters. The lowest BCUT2D eigenvalue weighted by atomic mass is 9.94. The molecule has 0 fully saturated rings. The number of amides is 1. The van der Waals surface area contributed by atoms with Crippen molar-refractivity contribution in [3.05, 3.63) is 71.3 Å². The van der Waals surface area contributed by atoms with E-state index in [4.69, 9.17) is 0 Å². The molecular weight excluding hydrogens is 260 g/mol. The summed E-state index contributed by atoms with van der Waals surface area (Å²) in [4.78, 5) is 14.5. The topological polar surface area (TPSA) is 32.3 Å². The lowest BCUT2D eigenvalue weighted by Gasteiger charge is -2.28. The average Bonchev–Trinajstić information content (AvgIpc) is 2.58. The Hall–Kier alpha value is -2.13. The molecule has 0 aliphatic carbocycles. The summed E-state index contributed by atoms with van der Waals surface area (Å²) in [6.45, 7) is 1.52. The number of rotatable bonds is 1. The van der Waals surface area contributed by atoms with Gasteiger partial charge in [0.05, 0.1) is 0 Å². The number of nitrogens with zero attached hydrogens (tertiary/aromatic N) is 1. The van der Waals surface area contributed by atoms with Gasteiger partial charge in [0.1, 0.15) is 0 Å². The summed E-state index contributed by atoms with van der Waals surface area (Å²) in [6.07, 6.45) is 0.851. The van der Waals surface area contributed by atoms with Crippen molar-refractivity contribution >= 4 is 5.91 Å². The van der Waals surface area contributed by atoms with Crippen molar-refractivity contribution in [3.63, 3.8) is 0 Å². The van der Waals surface area contributed by atoms with Crippen molar-refractivity contribution in [2.75, 3.05) is 20.1 Å². The van der Waals surface area contributed by atoms with Crippen LogP contribution in [0.1, 0.15) is 27.5 Å². The first-order valence-electron chi connectivity index (χ1n) is 7.37. The first kappa shape index (κ1) is 13.8. The van der Waals surface area contributed by atoms with E-state index < -0.39 is 0 Å². The molecule has 0 radical (unpaired) electrons. The third-order valence-corrected chi connectivity index (χ3v) is 4.14. The van der Waals surface area contributed by atoms with Crippen molar-refractivity contribution in [2.45, 2.75) is 12.5 Å². The van der Waals surface area contributed by atoms with Crippen LogP contribution in [0.4, 0.5) is 0 Å². The lowest BCUT2D eigenvalue weighted by Crippen LogP contribution is -2.33. The molecule has 2 aromatic carbocycles. The minimum atomic E-state index is 0.0349. The number of fused-ring (bicyclic) bond motifs is 1. The monoisotopic (exact) mass is 280 g/mol. The van der Waals surface area contributed by atoms with Crippen LogP contribution < -0.4 is 5.32 Å². The Morgan fingerprint density at radius 2 is 1.76 bits per heavy atom. The first-order valence-corrected chi connectivity index (χ1v) is 7.37. The summed E-state index contributed by atoms with van der Waals surface area (Å²) >= 11 is 0. The quantitative estimate of drug-likeness (QED) is 0.871. The van der Waals surface area contributed by atoms with Crippen molar-refractivity contribution in [1.82, 2.24) is 10.2 Å². The van der Waals surface area contributed by atoms with Crippen molar-refractivity contribution in [2.24, 2.45) is 0 Å². The van der Waals surface area contributed by atoms with Gasteiger partial charge in [-0.05, 0) is 30.7 Å². The molecule has 0 bridgehead atoms. The molecule has 0 aromatic heterocycles. The molecule has 3 nitrogen and oxygen atoms in total. The van der Waals surface area contributed by atoms with Crippen LogP contribution in [0.15, 0.2) is 54.6 Å². The van der Waals surface area contributed by atoms with E-state index in [-0.39, 0.29) is 5.91 Å². The fourth-order valence-corrected chi connectivity index (χ4v) is 2.93. The highest BCUT2D eigenvalue weighted by atomic mass is 16.1. The van der Waals surface area contributed by atoms with Crippen LogP contribution in [0.5, 0.6) is 0 Å². The van der Waals surface area contributed by atoms with Crippen LogP contribution in [0.3, 0.4) is 0 Å². The van der Waals surface area contributed by atoms with Gasteiger partial charge in [-0.2, -0.15) is 0 Å². The molecule has 2 aromatic rings. The third kappa shape index (κ3) is 2.98. The molecule has 21 heavy (non-hydrogen) atoms. The number of carbonyl (C=O) groups excluding carboxylic acids is 1. The predicted molar refractivity (Wildman–Crippen MR) is 84.3 cm³/mol. The Labute approximate surface area is 125 Å². The van der Waals surface area contributed by atoms with Gasteiger partial charge in [0.25, 0.3) is 5.91 Å². The number of hydrogen-bond acceptors (Lipinski definition) is 2. The molecule has 0 spiro atoms. The van der Waals surface area contributed by atoms with Crippen molar-refractivity contribution in [3.8, 4) is 0 Å². The normalized spacial score (nSPS) is 19.9. The first-order chi connectivity index (χ1) is 10.3. The Morgan fingerprint density at radius 3 is 2.57 bits per heavy atom. The molecule has 108 valence electrons. The Morgan fingerprint density at radius 1 is 1.05 bits per heavy atom. The van der Waals surface area contributed by atoms with E-state index in [1.807, 2.05) is 24.3 Å². The SMILES string of the molecule is CN1CCNC(=O)c2ccccc2CC1c1ccccc1. The third-order valence-electron chi connectivity index (χ3n) is 4.14. The summed E-state index contributed by atoms with van der Waals surface area (Å²) in [7, 11) is 2.12. The molecule has 1 aliphatic rings. The van der Waals surface area contributed by atoms with Crippen LogP contribution >= 0.6 is 0 Å². The summed E-state index contributed by atoms with van der Waals surface area (Å²) in [5.74, 6) is 0.0349. The number of nitrogens with one attached hydrogen (secondary N) is 1. The van der Waals surface area contributed by atoms with Gasteiger partial charge in [0, 0.05) is 24.7 Å². The summed E-state index contributed by atoms with van der Waals surface area (Å²) in [5, 5.41) is 3.00. The van der Waals surface area contributed by atoms with E-state index in [9.17, 15) is 4.79 Å². The zero-order chi connectivity index (χ0) is 14.7. The molecule has 1 heterocycles. The van der Waals surface area contributed by atoms with Gasteiger partial charge < -0.3 is 5.32 Å². The van der Waals surface area contributed by atoms with E-state index in [1.165, 1.54) is 5.56 Å². The van der Waals surface area contributed by atoms with E-state index in [0.29, 0.717) is 12.6 Å². The van der Waals surface area contributed by atoms with Crippen molar-refractivity contribution in [1.29, 1.82) is 0 Å². The smallest absolute Gasteiger partial charge is 0.251 e. The highest BCUT2D eigenvalue weighted by Gasteiger charge is 2.22. The minimum Gasteiger partial charge on any atom is -0.351 e. The zero-order valence-corrected chi connectivity index (χ0v) is 12.3. The molecule has 1 aliphatic heterocycles. The predicted octanol–water partition coefficient (Wildman–Crippen LogP) is 2.65. The molecule has 0 saturated heterocycles. The van der Waals surface area contributed by atoms with E-state index in [1.54, 1.807) is 0 Å². The summed E-state index contributed by atoms with van der Waals surface area (Å²) < 4.78 is 0. The molecule has 3 heteroatoms. The minimum absolute atomic E-state index is 0.0349. The lowest BCUT2D eigenvalue weighted by molar-refractivity contribution is 0.0950.